The Bertz CT molecular complexity index is 500. The third-order valence-corrected chi connectivity index (χ3v) is 2.75. The summed E-state index contributed by atoms with van der Waals surface area (Å²) in [4.78, 5) is 2.12. The summed E-state index contributed by atoms with van der Waals surface area (Å²) in [6.07, 6.45) is 0. The van der Waals surface area contributed by atoms with Crippen LogP contribution in [-0.4, -0.2) is 23.6 Å². The molecule has 2 rings (SSSR count). The minimum Gasteiger partial charge on any atom is -0.344 e. The Balaban J connectivity index is 2.57. The third kappa shape index (κ3) is 1.95. The van der Waals surface area contributed by atoms with Crippen molar-refractivity contribution < 1.29 is 4.39 Å². The van der Waals surface area contributed by atoms with E-state index in [-0.39, 0.29) is 5.82 Å². The Hall–Kier alpha value is -1.35. The van der Waals surface area contributed by atoms with Crippen molar-refractivity contribution in [2.45, 2.75) is 20.0 Å². The lowest BCUT2D eigenvalue weighted by Gasteiger charge is -2.12. The fourth-order valence-electron chi connectivity index (χ4n) is 2.11. The lowest BCUT2D eigenvalue weighted by Crippen LogP contribution is -2.14. The van der Waals surface area contributed by atoms with Gasteiger partial charge in [0, 0.05) is 24.2 Å². The van der Waals surface area contributed by atoms with E-state index in [9.17, 15) is 4.39 Å². The Labute approximate surface area is 95.3 Å². The van der Waals surface area contributed by atoms with Crippen molar-refractivity contribution >= 4 is 10.9 Å². The topological polar surface area (TPSA) is 8.17 Å². The molecule has 0 amide bonds. The van der Waals surface area contributed by atoms with Crippen molar-refractivity contribution in [2.24, 2.45) is 0 Å². The van der Waals surface area contributed by atoms with Crippen LogP contribution in [0.1, 0.15) is 12.6 Å². The molecule has 0 radical (unpaired) electrons. The summed E-state index contributed by atoms with van der Waals surface area (Å²) in [5.41, 5.74) is 2.22. The Kier molecular flexibility index (Phi) is 2.97. The van der Waals surface area contributed by atoms with Crippen LogP contribution < -0.4 is 0 Å². The maximum Gasteiger partial charge on any atom is 0.125 e. The van der Waals surface area contributed by atoms with Gasteiger partial charge in [-0.25, -0.2) is 4.39 Å². The van der Waals surface area contributed by atoms with E-state index < -0.39 is 0 Å². The van der Waals surface area contributed by atoms with Gasteiger partial charge < -0.3 is 9.47 Å². The number of aryl methyl sites for hydroxylation is 1. The van der Waals surface area contributed by atoms with Crippen LogP contribution in [0.15, 0.2) is 24.3 Å². The molecule has 16 heavy (non-hydrogen) atoms. The first-order valence-electron chi connectivity index (χ1n) is 5.54. The van der Waals surface area contributed by atoms with Crippen molar-refractivity contribution in [3.63, 3.8) is 0 Å². The lowest BCUT2D eigenvalue weighted by atomic mass is 10.2. The molecule has 0 aliphatic heterocycles. The second-order valence-corrected chi connectivity index (χ2v) is 4.32. The van der Waals surface area contributed by atoms with Crippen LogP contribution in [0, 0.1) is 5.82 Å². The fraction of sp³-hybridized carbons (Fsp3) is 0.385. The van der Waals surface area contributed by atoms with Crippen LogP contribution in [0.3, 0.4) is 0 Å². The minimum absolute atomic E-state index is 0.170. The van der Waals surface area contributed by atoms with Gasteiger partial charge in [-0.3, -0.25) is 0 Å². The minimum atomic E-state index is -0.170. The van der Waals surface area contributed by atoms with E-state index in [0.29, 0.717) is 0 Å². The van der Waals surface area contributed by atoms with Gasteiger partial charge in [-0.05, 0) is 45.3 Å². The maximum absolute atomic E-state index is 13.2. The number of rotatable bonds is 3. The van der Waals surface area contributed by atoms with Gasteiger partial charge in [0.2, 0.25) is 0 Å². The normalized spacial score (nSPS) is 11.6. The number of benzene rings is 1. The molecule has 3 heteroatoms. The van der Waals surface area contributed by atoms with Crippen LogP contribution >= 0.6 is 0 Å². The van der Waals surface area contributed by atoms with Gasteiger partial charge in [0.05, 0.1) is 5.52 Å². The number of hydrogen-bond acceptors (Lipinski definition) is 1. The van der Waals surface area contributed by atoms with Gasteiger partial charge in [-0.2, -0.15) is 0 Å². The lowest BCUT2D eigenvalue weighted by molar-refractivity contribution is 0.389. The highest BCUT2D eigenvalue weighted by Gasteiger charge is 2.08. The largest absolute Gasteiger partial charge is 0.344 e. The predicted octanol–water partition coefficient (Wildman–Crippen LogP) is 2.86. The van der Waals surface area contributed by atoms with Crippen LogP contribution in [0.4, 0.5) is 4.39 Å². The predicted molar refractivity (Wildman–Crippen MR) is 65.0 cm³/mol. The third-order valence-electron chi connectivity index (χ3n) is 2.75. The van der Waals surface area contributed by atoms with Crippen LogP contribution in [0.2, 0.25) is 0 Å². The molecule has 0 aliphatic carbocycles. The number of aromatic nitrogens is 1. The molecule has 2 nitrogen and oxygen atoms in total. The Morgan fingerprint density at radius 2 is 2.00 bits per heavy atom. The molecule has 0 bridgehead atoms. The number of hydrogen-bond donors (Lipinski definition) is 0. The first-order valence-corrected chi connectivity index (χ1v) is 5.54. The van der Waals surface area contributed by atoms with Crippen molar-refractivity contribution in [1.29, 1.82) is 0 Å². The van der Waals surface area contributed by atoms with Crippen LogP contribution in [0.5, 0.6) is 0 Å². The van der Waals surface area contributed by atoms with Crippen LogP contribution in [0.25, 0.3) is 10.9 Å². The fourth-order valence-corrected chi connectivity index (χ4v) is 2.11. The first-order chi connectivity index (χ1) is 7.61. The van der Waals surface area contributed by atoms with E-state index in [1.165, 1.54) is 11.8 Å². The van der Waals surface area contributed by atoms with Gasteiger partial charge >= 0.3 is 0 Å². The number of halogens is 1. The summed E-state index contributed by atoms with van der Waals surface area (Å²) >= 11 is 0. The molecule has 2 aromatic rings. The van der Waals surface area contributed by atoms with Gasteiger partial charge in [0.15, 0.2) is 0 Å². The quantitative estimate of drug-likeness (QED) is 0.772. The highest BCUT2D eigenvalue weighted by atomic mass is 19.1. The van der Waals surface area contributed by atoms with E-state index in [1.54, 1.807) is 6.07 Å². The highest BCUT2D eigenvalue weighted by molar-refractivity contribution is 5.81. The Morgan fingerprint density at radius 3 is 2.62 bits per heavy atom. The smallest absolute Gasteiger partial charge is 0.125 e. The SMILES string of the molecule is CCn1c(CN(C)C)cc2ccc(F)cc21. The Morgan fingerprint density at radius 1 is 1.25 bits per heavy atom. The van der Waals surface area contributed by atoms with Crippen molar-refractivity contribution in [2.75, 3.05) is 14.1 Å². The highest BCUT2D eigenvalue weighted by Crippen LogP contribution is 2.21. The monoisotopic (exact) mass is 220 g/mol. The average molecular weight is 220 g/mol. The molecule has 0 N–H and O–H groups in total. The van der Waals surface area contributed by atoms with E-state index in [4.69, 9.17) is 0 Å². The molecule has 0 aliphatic rings. The zero-order chi connectivity index (χ0) is 11.7. The molecule has 1 aromatic heterocycles. The second kappa shape index (κ2) is 4.26. The van der Waals surface area contributed by atoms with Gasteiger partial charge in [-0.1, -0.05) is 0 Å². The molecule has 0 saturated carbocycles. The van der Waals surface area contributed by atoms with E-state index in [2.05, 4.69) is 22.5 Å². The summed E-state index contributed by atoms with van der Waals surface area (Å²) in [6.45, 7) is 3.84. The molecule has 86 valence electrons. The van der Waals surface area contributed by atoms with Crippen molar-refractivity contribution in [3.8, 4) is 0 Å². The summed E-state index contributed by atoms with van der Waals surface area (Å²) in [5, 5.41) is 1.11. The first kappa shape index (κ1) is 11.1. The van der Waals surface area contributed by atoms with Gasteiger partial charge in [0.1, 0.15) is 5.82 Å². The summed E-state index contributed by atoms with van der Waals surface area (Å²) in [7, 11) is 4.08. The number of nitrogens with zero attached hydrogens (tertiary/aromatic N) is 2. The maximum atomic E-state index is 13.2. The van der Waals surface area contributed by atoms with Crippen LogP contribution in [-0.2, 0) is 13.1 Å². The van der Waals surface area contributed by atoms with Crippen molar-refractivity contribution in [3.05, 3.63) is 35.8 Å². The molecule has 0 saturated heterocycles. The zero-order valence-electron chi connectivity index (χ0n) is 10.00. The van der Waals surface area contributed by atoms with E-state index in [0.717, 1.165) is 24.0 Å². The molecular formula is C13H17FN2. The molecular weight excluding hydrogens is 203 g/mol. The second-order valence-electron chi connectivity index (χ2n) is 4.32. The molecule has 1 aromatic carbocycles. The molecule has 0 spiro atoms. The molecule has 0 atom stereocenters. The summed E-state index contributed by atoms with van der Waals surface area (Å²) in [6, 6.07) is 7.11. The summed E-state index contributed by atoms with van der Waals surface area (Å²) < 4.78 is 15.4. The van der Waals surface area contributed by atoms with Crippen molar-refractivity contribution in [1.82, 2.24) is 9.47 Å². The number of fused-ring (bicyclic) bond motifs is 1. The standard InChI is InChI=1S/C13H17FN2/c1-4-16-12(9-15(2)3)7-10-5-6-11(14)8-13(10)16/h5-8H,4,9H2,1-3H3. The zero-order valence-corrected chi connectivity index (χ0v) is 10.00. The molecule has 0 fully saturated rings. The molecule has 1 heterocycles. The van der Waals surface area contributed by atoms with E-state index in [1.807, 2.05) is 20.2 Å². The molecule has 0 unspecified atom stereocenters. The van der Waals surface area contributed by atoms with E-state index >= 15 is 0 Å². The van der Waals surface area contributed by atoms with Gasteiger partial charge in [-0.15, -0.1) is 0 Å². The van der Waals surface area contributed by atoms with Gasteiger partial charge in [0.25, 0.3) is 0 Å². The summed E-state index contributed by atoms with van der Waals surface area (Å²) in [5.74, 6) is -0.170. The average Bonchev–Trinajstić information content (AvgIpc) is 2.53.